The van der Waals surface area contributed by atoms with Crippen molar-refractivity contribution >= 4 is 11.8 Å². The fourth-order valence-electron chi connectivity index (χ4n) is 1.95. The molecular weight excluding hydrogens is 180 g/mol. The van der Waals surface area contributed by atoms with E-state index in [-0.39, 0.29) is 23.8 Å². The molecule has 1 aliphatic carbocycles. The molecule has 2 aliphatic rings. The maximum atomic E-state index is 11.8. The fraction of sp³-hybridized carbons (Fsp3) is 0.800. The second kappa shape index (κ2) is 3.59. The lowest BCUT2D eigenvalue weighted by Crippen LogP contribution is -2.57. The Bertz CT molecular complexity index is 261. The molecule has 14 heavy (non-hydrogen) atoms. The Balaban J connectivity index is 2.06. The van der Waals surface area contributed by atoms with Crippen molar-refractivity contribution < 1.29 is 9.59 Å². The molecule has 78 valence electrons. The van der Waals surface area contributed by atoms with Gasteiger partial charge in [0, 0.05) is 19.0 Å². The van der Waals surface area contributed by atoms with Crippen molar-refractivity contribution in [2.24, 2.45) is 5.92 Å². The number of hydrogen-bond acceptors (Lipinski definition) is 2. The maximum Gasteiger partial charge on any atom is 0.242 e. The van der Waals surface area contributed by atoms with Crippen LogP contribution in [0, 0.1) is 5.92 Å². The third-order valence-corrected chi connectivity index (χ3v) is 2.93. The Morgan fingerprint density at radius 3 is 2.86 bits per heavy atom. The highest BCUT2D eigenvalue weighted by molar-refractivity contribution is 5.90. The maximum absolute atomic E-state index is 11.8. The van der Waals surface area contributed by atoms with Gasteiger partial charge in [0.2, 0.25) is 11.8 Å². The first kappa shape index (κ1) is 9.49. The predicted octanol–water partition coefficient (Wildman–Crippen LogP) is 0.133. The molecule has 2 rings (SSSR count). The van der Waals surface area contributed by atoms with Crippen LogP contribution >= 0.6 is 0 Å². The van der Waals surface area contributed by atoms with Gasteiger partial charge in [0.25, 0.3) is 0 Å². The van der Waals surface area contributed by atoms with Crippen molar-refractivity contribution in [1.29, 1.82) is 0 Å². The summed E-state index contributed by atoms with van der Waals surface area (Å²) in [6.45, 7) is 3.23. The van der Waals surface area contributed by atoms with Crippen molar-refractivity contribution in [3.05, 3.63) is 0 Å². The number of piperazine rings is 1. The molecule has 0 bridgehead atoms. The first-order chi connectivity index (χ1) is 6.74. The molecule has 1 N–H and O–H groups in total. The van der Waals surface area contributed by atoms with Gasteiger partial charge in [-0.25, -0.2) is 0 Å². The number of carbonyl (C=O) groups is 2. The Kier molecular flexibility index (Phi) is 2.44. The number of amides is 2. The van der Waals surface area contributed by atoms with E-state index in [0.29, 0.717) is 19.5 Å². The Morgan fingerprint density at radius 1 is 1.57 bits per heavy atom. The SMILES string of the molecule is CCC1C(=O)NCCN1C(=O)C1CC1. The second-order valence-corrected chi connectivity index (χ2v) is 4.02. The van der Waals surface area contributed by atoms with E-state index in [4.69, 9.17) is 0 Å². The molecule has 0 aromatic rings. The van der Waals surface area contributed by atoms with Crippen LogP contribution in [0.2, 0.25) is 0 Å². The van der Waals surface area contributed by atoms with Gasteiger partial charge in [-0.2, -0.15) is 0 Å². The van der Waals surface area contributed by atoms with Gasteiger partial charge in [0.05, 0.1) is 0 Å². The van der Waals surface area contributed by atoms with Crippen molar-refractivity contribution in [3.63, 3.8) is 0 Å². The van der Waals surface area contributed by atoms with E-state index in [1.54, 1.807) is 4.90 Å². The molecule has 2 fully saturated rings. The summed E-state index contributed by atoms with van der Waals surface area (Å²) in [5.41, 5.74) is 0. The molecule has 0 spiro atoms. The van der Waals surface area contributed by atoms with Gasteiger partial charge in [-0.3, -0.25) is 9.59 Å². The monoisotopic (exact) mass is 196 g/mol. The Labute approximate surface area is 83.6 Å². The third-order valence-electron chi connectivity index (χ3n) is 2.93. The number of rotatable bonds is 2. The highest BCUT2D eigenvalue weighted by Crippen LogP contribution is 2.32. The van der Waals surface area contributed by atoms with Gasteiger partial charge in [-0.1, -0.05) is 6.92 Å². The minimum Gasteiger partial charge on any atom is -0.353 e. The van der Waals surface area contributed by atoms with Gasteiger partial charge >= 0.3 is 0 Å². The van der Waals surface area contributed by atoms with E-state index in [1.807, 2.05) is 6.92 Å². The molecule has 1 unspecified atom stereocenters. The molecule has 4 heteroatoms. The lowest BCUT2D eigenvalue weighted by Gasteiger charge is -2.34. The summed E-state index contributed by atoms with van der Waals surface area (Å²) < 4.78 is 0. The summed E-state index contributed by atoms with van der Waals surface area (Å²) in [6, 6.07) is -0.225. The van der Waals surface area contributed by atoms with Crippen LogP contribution in [0.4, 0.5) is 0 Å². The van der Waals surface area contributed by atoms with Gasteiger partial charge < -0.3 is 10.2 Å². The largest absolute Gasteiger partial charge is 0.353 e. The molecule has 2 amide bonds. The minimum atomic E-state index is -0.225. The van der Waals surface area contributed by atoms with Crippen LogP contribution in [0.5, 0.6) is 0 Å². The zero-order valence-electron chi connectivity index (χ0n) is 8.45. The lowest BCUT2D eigenvalue weighted by molar-refractivity contribution is -0.144. The third kappa shape index (κ3) is 1.61. The van der Waals surface area contributed by atoms with E-state index < -0.39 is 0 Å². The van der Waals surface area contributed by atoms with Crippen LogP contribution in [-0.4, -0.2) is 35.8 Å². The standard InChI is InChI=1S/C10H16N2O2/c1-2-8-9(13)11-5-6-12(8)10(14)7-3-4-7/h7-8H,2-6H2,1H3,(H,11,13). The van der Waals surface area contributed by atoms with E-state index in [1.165, 1.54) is 0 Å². The zero-order chi connectivity index (χ0) is 10.1. The molecule has 1 heterocycles. The minimum absolute atomic E-state index is 0.00718. The van der Waals surface area contributed by atoms with Crippen molar-refractivity contribution in [2.75, 3.05) is 13.1 Å². The molecule has 1 atom stereocenters. The highest BCUT2D eigenvalue weighted by atomic mass is 16.2. The smallest absolute Gasteiger partial charge is 0.242 e. The van der Waals surface area contributed by atoms with Crippen LogP contribution in [-0.2, 0) is 9.59 Å². The molecule has 4 nitrogen and oxygen atoms in total. The topological polar surface area (TPSA) is 49.4 Å². The van der Waals surface area contributed by atoms with Crippen LogP contribution in [0.15, 0.2) is 0 Å². The normalized spacial score (nSPS) is 27.4. The molecule has 1 aliphatic heterocycles. The Morgan fingerprint density at radius 2 is 2.29 bits per heavy atom. The van der Waals surface area contributed by atoms with Crippen molar-refractivity contribution in [3.8, 4) is 0 Å². The first-order valence-corrected chi connectivity index (χ1v) is 5.32. The van der Waals surface area contributed by atoms with Crippen LogP contribution in [0.25, 0.3) is 0 Å². The van der Waals surface area contributed by atoms with E-state index in [9.17, 15) is 9.59 Å². The zero-order valence-corrected chi connectivity index (χ0v) is 8.45. The molecule has 0 aromatic heterocycles. The molecule has 0 radical (unpaired) electrons. The van der Waals surface area contributed by atoms with Crippen LogP contribution < -0.4 is 5.32 Å². The van der Waals surface area contributed by atoms with E-state index in [2.05, 4.69) is 5.32 Å². The number of nitrogens with one attached hydrogen (secondary N) is 1. The second-order valence-electron chi connectivity index (χ2n) is 4.02. The summed E-state index contributed by atoms with van der Waals surface area (Å²) in [7, 11) is 0. The summed E-state index contributed by atoms with van der Waals surface area (Å²) in [4.78, 5) is 25.1. The molecule has 0 aromatic carbocycles. The van der Waals surface area contributed by atoms with E-state index >= 15 is 0 Å². The van der Waals surface area contributed by atoms with Gasteiger partial charge in [0.15, 0.2) is 0 Å². The first-order valence-electron chi connectivity index (χ1n) is 5.32. The summed E-state index contributed by atoms with van der Waals surface area (Å²) in [6.07, 6.45) is 2.73. The van der Waals surface area contributed by atoms with Crippen molar-refractivity contribution in [2.45, 2.75) is 32.2 Å². The average molecular weight is 196 g/mol. The predicted molar refractivity (Wildman–Crippen MR) is 51.5 cm³/mol. The number of carbonyl (C=O) groups excluding carboxylic acids is 2. The highest BCUT2D eigenvalue weighted by Gasteiger charge is 2.39. The van der Waals surface area contributed by atoms with Gasteiger partial charge in [-0.15, -0.1) is 0 Å². The van der Waals surface area contributed by atoms with Gasteiger partial charge in [-0.05, 0) is 19.3 Å². The lowest BCUT2D eigenvalue weighted by atomic mass is 10.1. The fourth-order valence-corrected chi connectivity index (χ4v) is 1.95. The summed E-state index contributed by atoms with van der Waals surface area (Å²) in [5, 5.41) is 2.79. The number of nitrogens with zero attached hydrogens (tertiary/aromatic N) is 1. The van der Waals surface area contributed by atoms with Crippen LogP contribution in [0.3, 0.4) is 0 Å². The average Bonchev–Trinajstić information content (AvgIpc) is 2.99. The summed E-state index contributed by atoms with van der Waals surface area (Å²) >= 11 is 0. The van der Waals surface area contributed by atoms with Gasteiger partial charge in [0.1, 0.15) is 6.04 Å². The van der Waals surface area contributed by atoms with E-state index in [0.717, 1.165) is 12.8 Å². The van der Waals surface area contributed by atoms with Crippen LogP contribution in [0.1, 0.15) is 26.2 Å². The molecule has 1 saturated carbocycles. The quantitative estimate of drug-likeness (QED) is 0.682. The Hall–Kier alpha value is -1.06. The summed E-state index contributed by atoms with van der Waals surface area (Å²) in [5.74, 6) is 0.411. The molecular formula is C10H16N2O2. The van der Waals surface area contributed by atoms with Crippen molar-refractivity contribution in [1.82, 2.24) is 10.2 Å². The number of hydrogen-bond donors (Lipinski definition) is 1. The molecule has 1 saturated heterocycles.